The molecule has 1 rings (SSSR count). The molecule has 0 aliphatic heterocycles. The van der Waals surface area contributed by atoms with Crippen LogP contribution >= 0.6 is 11.8 Å². The third kappa shape index (κ3) is 4.10. The maximum Gasteiger partial charge on any atom is 0.413 e. The molecule has 0 bridgehead atoms. The van der Waals surface area contributed by atoms with E-state index in [0.29, 0.717) is 4.90 Å². The van der Waals surface area contributed by atoms with Gasteiger partial charge in [0.1, 0.15) is 0 Å². The summed E-state index contributed by atoms with van der Waals surface area (Å²) >= 11 is 1.04. The molecule has 0 heterocycles. The van der Waals surface area contributed by atoms with Gasteiger partial charge in [0.25, 0.3) is 0 Å². The van der Waals surface area contributed by atoms with Gasteiger partial charge >= 0.3 is 12.1 Å². The highest BCUT2D eigenvalue weighted by Gasteiger charge is 2.12. The van der Waals surface area contributed by atoms with Gasteiger partial charge in [0, 0.05) is 4.90 Å². The van der Waals surface area contributed by atoms with E-state index in [9.17, 15) is 14.4 Å². The normalized spacial score (nSPS) is 9.61. The first-order valence-corrected chi connectivity index (χ1v) is 5.86. The van der Waals surface area contributed by atoms with E-state index in [1.165, 1.54) is 6.07 Å². The van der Waals surface area contributed by atoms with Crippen molar-refractivity contribution in [3.8, 4) is 0 Å². The van der Waals surface area contributed by atoms with Crippen LogP contribution in [0.4, 0.5) is 4.79 Å². The Balaban J connectivity index is 2.61. The molecule has 6 nitrogen and oxygen atoms in total. The molecule has 0 atom stereocenters. The summed E-state index contributed by atoms with van der Waals surface area (Å²) in [7, 11) is 1.15. The Morgan fingerprint density at radius 1 is 1.33 bits per heavy atom. The number of thioether (sulfide) groups is 1. The van der Waals surface area contributed by atoms with E-state index < -0.39 is 18.0 Å². The van der Waals surface area contributed by atoms with Crippen LogP contribution in [0, 0.1) is 0 Å². The number of carboxylic acid groups (broad SMARTS) is 1. The maximum atomic E-state index is 11.3. The second-order valence-corrected chi connectivity index (χ2v) is 4.15. The average Bonchev–Trinajstić information content (AvgIpc) is 2.36. The van der Waals surface area contributed by atoms with Gasteiger partial charge < -0.3 is 9.84 Å². The van der Waals surface area contributed by atoms with Crippen LogP contribution in [-0.4, -0.2) is 35.9 Å². The number of aromatic carboxylic acids is 1. The van der Waals surface area contributed by atoms with Crippen LogP contribution in [0.5, 0.6) is 0 Å². The van der Waals surface area contributed by atoms with E-state index in [2.05, 4.69) is 4.74 Å². The van der Waals surface area contributed by atoms with Crippen molar-refractivity contribution in [2.45, 2.75) is 4.90 Å². The molecule has 0 spiro atoms. The minimum atomic E-state index is -1.06. The highest BCUT2D eigenvalue weighted by molar-refractivity contribution is 8.00. The number of rotatable bonds is 4. The van der Waals surface area contributed by atoms with Crippen LogP contribution < -0.4 is 5.32 Å². The van der Waals surface area contributed by atoms with Gasteiger partial charge in [-0.2, -0.15) is 0 Å². The van der Waals surface area contributed by atoms with E-state index in [1.807, 2.05) is 5.32 Å². The van der Waals surface area contributed by atoms with Crippen molar-refractivity contribution in [2.24, 2.45) is 0 Å². The summed E-state index contributed by atoms with van der Waals surface area (Å²) in [5.41, 5.74) is 0.119. The molecule has 7 heteroatoms. The van der Waals surface area contributed by atoms with Crippen LogP contribution in [0.2, 0.25) is 0 Å². The molecule has 96 valence electrons. The predicted molar refractivity (Wildman–Crippen MR) is 64.7 cm³/mol. The highest BCUT2D eigenvalue weighted by atomic mass is 32.2. The zero-order chi connectivity index (χ0) is 13.5. The molecule has 0 aliphatic rings. The zero-order valence-corrected chi connectivity index (χ0v) is 10.3. The number of imide groups is 1. The molecule has 1 aromatic rings. The molecule has 0 radical (unpaired) electrons. The highest BCUT2D eigenvalue weighted by Crippen LogP contribution is 2.22. The Kier molecular flexibility index (Phi) is 5.19. The summed E-state index contributed by atoms with van der Waals surface area (Å²) < 4.78 is 4.26. The quantitative estimate of drug-likeness (QED) is 0.802. The monoisotopic (exact) mass is 269 g/mol. The summed E-state index contributed by atoms with van der Waals surface area (Å²) in [4.78, 5) is 33.4. The number of amides is 2. The van der Waals surface area contributed by atoms with Gasteiger partial charge in [-0.3, -0.25) is 10.1 Å². The van der Waals surface area contributed by atoms with Gasteiger partial charge in [-0.1, -0.05) is 12.1 Å². The van der Waals surface area contributed by atoms with Crippen molar-refractivity contribution in [1.29, 1.82) is 0 Å². The number of benzene rings is 1. The fourth-order valence-corrected chi connectivity index (χ4v) is 1.96. The first-order chi connectivity index (χ1) is 8.54. The Bertz CT molecular complexity index is 474. The maximum absolute atomic E-state index is 11.3. The number of nitrogens with one attached hydrogen (secondary N) is 1. The van der Waals surface area contributed by atoms with Gasteiger partial charge in [0.15, 0.2) is 0 Å². The van der Waals surface area contributed by atoms with Crippen molar-refractivity contribution in [3.05, 3.63) is 29.8 Å². The van der Waals surface area contributed by atoms with Crippen molar-refractivity contribution in [3.63, 3.8) is 0 Å². The fraction of sp³-hybridized carbons (Fsp3) is 0.182. The standard InChI is InChI=1S/C11H11NO5S/c1-17-11(16)12-9(13)6-18-8-5-3-2-4-7(8)10(14)15/h2-5H,6H2,1H3,(H,14,15)(H,12,13,16). The Morgan fingerprint density at radius 3 is 2.61 bits per heavy atom. The number of hydrogen-bond donors (Lipinski definition) is 2. The van der Waals surface area contributed by atoms with Gasteiger partial charge in [-0.15, -0.1) is 11.8 Å². The fourth-order valence-electron chi connectivity index (χ4n) is 1.11. The molecular weight excluding hydrogens is 258 g/mol. The first-order valence-electron chi connectivity index (χ1n) is 4.87. The first kappa shape index (κ1) is 14.0. The topological polar surface area (TPSA) is 92.7 Å². The third-order valence-electron chi connectivity index (χ3n) is 1.90. The summed E-state index contributed by atoms with van der Waals surface area (Å²) in [6, 6.07) is 6.32. The molecule has 0 saturated heterocycles. The second-order valence-electron chi connectivity index (χ2n) is 3.13. The van der Waals surface area contributed by atoms with E-state index in [0.717, 1.165) is 18.9 Å². The number of carbonyl (C=O) groups excluding carboxylic acids is 2. The van der Waals surface area contributed by atoms with Gasteiger partial charge in [-0.05, 0) is 12.1 Å². The van der Waals surface area contributed by atoms with E-state index in [-0.39, 0.29) is 11.3 Å². The lowest BCUT2D eigenvalue weighted by Crippen LogP contribution is -2.31. The number of alkyl carbamates (subject to hydrolysis) is 1. The predicted octanol–water partition coefficient (Wildman–Crippen LogP) is 1.36. The average molecular weight is 269 g/mol. The minimum absolute atomic E-state index is 0.0700. The minimum Gasteiger partial charge on any atom is -0.478 e. The lowest BCUT2D eigenvalue weighted by atomic mass is 10.2. The molecule has 2 amide bonds. The second kappa shape index (κ2) is 6.65. The van der Waals surface area contributed by atoms with Gasteiger partial charge in [-0.25, -0.2) is 9.59 Å². The zero-order valence-electron chi connectivity index (χ0n) is 9.50. The van der Waals surface area contributed by atoms with Crippen LogP contribution in [0.25, 0.3) is 0 Å². The summed E-state index contributed by atoms with van der Waals surface area (Å²) in [6.45, 7) is 0. The van der Waals surface area contributed by atoms with Crippen molar-refractivity contribution in [1.82, 2.24) is 5.32 Å². The molecule has 0 unspecified atom stereocenters. The molecule has 0 fully saturated rings. The smallest absolute Gasteiger partial charge is 0.413 e. The number of carboxylic acids is 1. The molecule has 0 aromatic heterocycles. The van der Waals surface area contributed by atoms with E-state index in [4.69, 9.17) is 5.11 Å². The summed E-state index contributed by atoms with van der Waals surface area (Å²) in [5.74, 6) is -1.68. The lowest BCUT2D eigenvalue weighted by molar-refractivity contribution is -0.117. The number of carbonyl (C=O) groups is 3. The van der Waals surface area contributed by atoms with Crippen molar-refractivity contribution in [2.75, 3.05) is 12.9 Å². The molecule has 0 saturated carbocycles. The van der Waals surface area contributed by atoms with E-state index >= 15 is 0 Å². The lowest BCUT2D eigenvalue weighted by Gasteiger charge is -2.05. The van der Waals surface area contributed by atoms with Crippen LogP contribution in [0.1, 0.15) is 10.4 Å². The Morgan fingerprint density at radius 2 is 2.00 bits per heavy atom. The molecule has 1 aromatic carbocycles. The third-order valence-corrected chi connectivity index (χ3v) is 2.98. The Labute approximate surface area is 107 Å². The number of hydrogen-bond acceptors (Lipinski definition) is 5. The van der Waals surface area contributed by atoms with Gasteiger partial charge in [0.05, 0.1) is 18.4 Å². The summed E-state index contributed by atoms with van der Waals surface area (Å²) in [5, 5.41) is 10.9. The van der Waals surface area contributed by atoms with Crippen LogP contribution in [-0.2, 0) is 9.53 Å². The van der Waals surface area contributed by atoms with Crippen LogP contribution in [0.15, 0.2) is 29.2 Å². The number of ether oxygens (including phenoxy) is 1. The van der Waals surface area contributed by atoms with E-state index in [1.54, 1.807) is 18.2 Å². The summed E-state index contributed by atoms with van der Waals surface area (Å²) in [6.07, 6.45) is -0.841. The Hall–Kier alpha value is -2.02. The molecular formula is C11H11NO5S. The molecule has 18 heavy (non-hydrogen) atoms. The largest absolute Gasteiger partial charge is 0.478 e. The van der Waals surface area contributed by atoms with Gasteiger partial charge in [0.2, 0.25) is 5.91 Å². The number of methoxy groups -OCH3 is 1. The molecule has 0 aliphatic carbocycles. The SMILES string of the molecule is COC(=O)NC(=O)CSc1ccccc1C(=O)O. The van der Waals surface area contributed by atoms with Crippen molar-refractivity contribution < 1.29 is 24.2 Å². The van der Waals surface area contributed by atoms with Crippen LogP contribution in [0.3, 0.4) is 0 Å². The molecule has 2 N–H and O–H groups in total. The van der Waals surface area contributed by atoms with Crippen molar-refractivity contribution >= 4 is 29.7 Å².